The lowest BCUT2D eigenvalue weighted by atomic mass is 9.97. The number of aliphatic hydroxyl groups is 1. The normalized spacial score (nSPS) is 15.2. The summed E-state index contributed by atoms with van der Waals surface area (Å²) in [5.74, 6) is 0.762. The topological polar surface area (TPSA) is 41.5 Å². The molecule has 0 saturated heterocycles. The first-order chi connectivity index (χ1) is 10.0. The summed E-state index contributed by atoms with van der Waals surface area (Å²) >= 11 is 0. The number of benzene rings is 2. The predicted molar refractivity (Wildman–Crippen MR) is 85.4 cm³/mol. The molecule has 2 atom stereocenters. The maximum absolute atomic E-state index is 10.5. The van der Waals surface area contributed by atoms with E-state index in [2.05, 4.69) is 12.2 Å². The zero-order chi connectivity index (χ0) is 15.3. The molecule has 0 radical (unpaired) electrons. The first-order valence-electron chi connectivity index (χ1n) is 7.21. The molecule has 0 amide bonds. The van der Waals surface area contributed by atoms with Gasteiger partial charge < -0.3 is 15.2 Å². The van der Waals surface area contributed by atoms with Crippen molar-refractivity contribution in [2.45, 2.75) is 25.5 Å². The van der Waals surface area contributed by atoms with Crippen molar-refractivity contribution >= 4 is 0 Å². The Bertz CT molecular complexity index is 549. The number of hydrogen-bond donors (Lipinski definition) is 2. The van der Waals surface area contributed by atoms with Crippen molar-refractivity contribution < 1.29 is 9.84 Å². The molecule has 2 N–H and O–H groups in total. The molecule has 0 aliphatic rings. The SMILES string of the molecule is CNC(C)c1ccc(OCC(C)(O)c2ccccc2)cc1. The van der Waals surface area contributed by atoms with Crippen LogP contribution >= 0.6 is 0 Å². The third kappa shape index (κ3) is 4.06. The van der Waals surface area contributed by atoms with Gasteiger partial charge in [0.2, 0.25) is 0 Å². The van der Waals surface area contributed by atoms with E-state index < -0.39 is 5.60 Å². The summed E-state index contributed by atoms with van der Waals surface area (Å²) < 4.78 is 5.72. The molecule has 3 heteroatoms. The quantitative estimate of drug-likeness (QED) is 0.856. The maximum atomic E-state index is 10.5. The second-order valence-corrected chi connectivity index (χ2v) is 5.51. The third-order valence-electron chi connectivity index (χ3n) is 3.73. The number of rotatable bonds is 6. The summed E-state index contributed by atoms with van der Waals surface area (Å²) in [6.45, 7) is 4.09. The summed E-state index contributed by atoms with van der Waals surface area (Å²) in [5.41, 5.74) is 1.06. The van der Waals surface area contributed by atoms with E-state index in [1.54, 1.807) is 6.92 Å². The second kappa shape index (κ2) is 6.74. The first-order valence-corrected chi connectivity index (χ1v) is 7.21. The van der Waals surface area contributed by atoms with Crippen molar-refractivity contribution in [1.82, 2.24) is 5.32 Å². The Balaban J connectivity index is 1.99. The fourth-order valence-electron chi connectivity index (χ4n) is 2.12. The van der Waals surface area contributed by atoms with Crippen LogP contribution in [-0.4, -0.2) is 18.8 Å². The summed E-state index contributed by atoms with van der Waals surface area (Å²) in [7, 11) is 1.94. The van der Waals surface area contributed by atoms with Crippen LogP contribution in [0.25, 0.3) is 0 Å². The summed E-state index contributed by atoms with van der Waals surface area (Å²) in [6, 6.07) is 17.8. The Morgan fingerprint density at radius 3 is 2.29 bits per heavy atom. The molecule has 3 nitrogen and oxygen atoms in total. The molecule has 0 fully saturated rings. The molecule has 0 aliphatic heterocycles. The number of hydrogen-bond acceptors (Lipinski definition) is 3. The van der Waals surface area contributed by atoms with Crippen molar-refractivity contribution in [3.8, 4) is 5.75 Å². The van der Waals surface area contributed by atoms with Crippen LogP contribution in [0.3, 0.4) is 0 Å². The van der Waals surface area contributed by atoms with Crippen LogP contribution in [-0.2, 0) is 5.60 Å². The van der Waals surface area contributed by atoms with Crippen LogP contribution in [0.15, 0.2) is 54.6 Å². The Labute approximate surface area is 126 Å². The lowest BCUT2D eigenvalue weighted by molar-refractivity contribution is 0.00759. The highest BCUT2D eigenvalue weighted by atomic mass is 16.5. The Kier molecular flexibility index (Phi) is 4.99. The Morgan fingerprint density at radius 2 is 1.71 bits per heavy atom. The van der Waals surface area contributed by atoms with Crippen molar-refractivity contribution in [2.24, 2.45) is 0 Å². The minimum absolute atomic E-state index is 0.220. The van der Waals surface area contributed by atoms with E-state index in [0.717, 1.165) is 11.3 Å². The Hall–Kier alpha value is -1.84. The van der Waals surface area contributed by atoms with Crippen LogP contribution in [0.2, 0.25) is 0 Å². The highest BCUT2D eigenvalue weighted by molar-refractivity contribution is 5.29. The predicted octanol–water partition coefficient (Wildman–Crippen LogP) is 3.25. The molecular formula is C18H23NO2. The number of nitrogens with one attached hydrogen (secondary N) is 1. The van der Waals surface area contributed by atoms with Crippen molar-refractivity contribution in [1.29, 1.82) is 0 Å². The monoisotopic (exact) mass is 285 g/mol. The van der Waals surface area contributed by atoms with Gasteiger partial charge in [-0.25, -0.2) is 0 Å². The molecule has 2 aromatic rings. The minimum atomic E-state index is -1.00. The molecule has 112 valence electrons. The summed E-state index contributed by atoms with van der Waals surface area (Å²) in [6.07, 6.45) is 0. The molecule has 21 heavy (non-hydrogen) atoms. The van der Waals surface area contributed by atoms with Gasteiger partial charge in [0.25, 0.3) is 0 Å². The van der Waals surface area contributed by atoms with Crippen LogP contribution < -0.4 is 10.1 Å². The average molecular weight is 285 g/mol. The number of ether oxygens (including phenoxy) is 1. The largest absolute Gasteiger partial charge is 0.490 e. The highest BCUT2D eigenvalue weighted by Crippen LogP contribution is 2.23. The summed E-state index contributed by atoms with van der Waals surface area (Å²) in [4.78, 5) is 0. The van der Waals surface area contributed by atoms with E-state index in [9.17, 15) is 5.11 Å². The molecule has 2 aromatic carbocycles. The van der Waals surface area contributed by atoms with E-state index in [4.69, 9.17) is 4.74 Å². The van der Waals surface area contributed by atoms with Gasteiger partial charge in [-0.1, -0.05) is 42.5 Å². The molecule has 2 unspecified atom stereocenters. The van der Waals surface area contributed by atoms with Gasteiger partial charge in [0.05, 0.1) is 0 Å². The van der Waals surface area contributed by atoms with E-state index in [-0.39, 0.29) is 6.61 Å². The fourth-order valence-corrected chi connectivity index (χ4v) is 2.12. The van der Waals surface area contributed by atoms with Gasteiger partial charge in [0.1, 0.15) is 18.0 Å². The van der Waals surface area contributed by atoms with Gasteiger partial charge in [-0.2, -0.15) is 0 Å². The fraction of sp³-hybridized carbons (Fsp3) is 0.333. The van der Waals surface area contributed by atoms with E-state index in [1.807, 2.05) is 61.6 Å². The van der Waals surface area contributed by atoms with Crippen molar-refractivity contribution in [3.05, 3.63) is 65.7 Å². The van der Waals surface area contributed by atoms with Gasteiger partial charge in [-0.15, -0.1) is 0 Å². The molecule has 2 rings (SSSR count). The highest BCUT2D eigenvalue weighted by Gasteiger charge is 2.23. The molecular weight excluding hydrogens is 262 g/mol. The van der Waals surface area contributed by atoms with E-state index in [1.165, 1.54) is 5.56 Å². The minimum Gasteiger partial charge on any atom is -0.490 e. The Morgan fingerprint density at radius 1 is 1.10 bits per heavy atom. The molecule has 0 saturated carbocycles. The molecule has 0 bridgehead atoms. The zero-order valence-corrected chi connectivity index (χ0v) is 12.8. The van der Waals surface area contributed by atoms with Gasteiger partial charge >= 0.3 is 0 Å². The average Bonchev–Trinajstić information content (AvgIpc) is 2.53. The smallest absolute Gasteiger partial charge is 0.121 e. The standard InChI is InChI=1S/C18H23NO2/c1-14(19-3)15-9-11-17(12-10-15)21-13-18(2,20)16-7-5-4-6-8-16/h4-12,14,19-20H,13H2,1-3H3. The molecule has 0 aromatic heterocycles. The van der Waals surface area contributed by atoms with E-state index >= 15 is 0 Å². The lowest BCUT2D eigenvalue weighted by Crippen LogP contribution is -2.29. The molecule has 0 spiro atoms. The zero-order valence-electron chi connectivity index (χ0n) is 12.8. The van der Waals surface area contributed by atoms with Crippen LogP contribution in [0.5, 0.6) is 5.75 Å². The van der Waals surface area contributed by atoms with Crippen LogP contribution in [0.4, 0.5) is 0 Å². The summed E-state index contributed by atoms with van der Waals surface area (Å²) in [5, 5.41) is 13.7. The van der Waals surface area contributed by atoms with Gasteiger partial charge in [-0.05, 0) is 44.2 Å². The lowest BCUT2D eigenvalue weighted by Gasteiger charge is -2.24. The second-order valence-electron chi connectivity index (χ2n) is 5.51. The maximum Gasteiger partial charge on any atom is 0.121 e. The van der Waals surface area contributed by atoms with Crippen molar-refractivity contribution in [2.75, 3.05) is 13.7 Å². The van der Waals surface area contributed by atoms with Gasteiger partial charge in [-0.3, -0.25) is 0 Å². The first kappa shape index (κ1) is 15.5. The molecule has 0 heterocycles. The van der Waals surface area contributed by atoms with Crippen LogP contribution in [0, 0.1) is 0 Å². The van der Waals surface area contributed by atoms with Crippen LogP contribution in [0.1, 0.15) is 31.0 Å². The third-order valence-corrected chi connectivity index (χ3v) is 3.73. The van der Waals surface area contributed by atoms with E-state index in [0.29, 0.717) is 6.04 Å². The molecule has 0 aliphatic carbocycles. The van der Waals surface area contributed by atoms with Gasteiger partial charge in [0.15, 0.2) is 0 Å². The van der Waals surface area contributed by atoms with Gasteiger partial charge in [0, 0.05) is 6.04 Å². The van der Waals surface area contributed by atoms with Crippen molar-refractivity contribution in [3.63, 3.8) is 0 Å².